The topological polar surface area (TPSA) is 318 Å². The number of fused-ring (bicyclic) bond motifs is 4. The third-order valence-corrected chi connectivity index (χ3v) is 29.5. The minimum absolute atomic E-state index is 0.00328. The maximum Gasteiger partial charge on any atom is 0.316 e. The SMILES string of the molecule is CCC(C)[C@H]1O[C@]2(C=C[C@@H]1C)C[C@@H]1C[C@@H](CC=C(C)[C@@H](O[C@H]3C[C@H](OC)[C@@H](O[C@H]4C[C@H](OC)[C@@H](OCO[C@H]5[C@H](C)O[C@@H](O[C@H]6[C@H](C)O[C@@H](O[C@@H]7C(C)=CC[C@@H]8C[C@@H](C[C@]9(C=C[C@H](C)[C@@H](C(C)CC)O9)O8)OC(=O)[C@@H]8C=C(C)[C@@H](O)[C@H]9OCC(=CC=C[C@@H]7C)[C@]98O)C[C@@H]6OC)C[C@@H]5OC)[C@H](C)O4)[C@H](C)O3)[C@@H](C)C=CC=C3CO[C@@H]4[C@H](O)C(C)=C[C@@H](C(=O)O1)[C@]34O)O2. The Morgan fingerprint density at radius 1 is 0.448 bits per heavy atom. The Labute approximate surface area is 739 Å². The average molecular weight is 1760 g/mol. The summed E-state index contributed by atoms with van der Waals surface area (Å²) in [6.45, 7) is 32.2. The van der Waals surface area contributed by atoms with Gasteiger partial charge in [-0.2, -0.15) is 0 Å². The monoisotopic (exact) mass is 1760 g/mol. The van der Waals surface area contributed by atoms with Crippen LogP contribution in [0.4, 0.5) is 0 Å². The highest BCUT2D eigenvalue weighted by Gasteiger charge is 2.63. The standard InChI is InChI=1S/C97H144O28/c1-21-50(3)84-56(9)33-35-94(124-84)45-68-39-66(122-94)31-29-54(7)82(52(5)25-23-27-64-47-108-90-80(98)58(11)37-70(92(100)116-68)96(64,90)102)118-76-43-74(106-19)88(62(15)114-76)120-78-41-72(104-17)86(60(13)112-78)110-49-111-87-61(14)113-79(42-73(87)105-18)121-89-63(16)115-77(44-75(89)107-20)119-83-53(6)26-24-28-65-48-109-91-81(99)59(12)38-71(97(65,91)103)93(101)117-69-40-67(32-30-55(83)8)123-95(46-69)36-34-57(10)85(125-95)51(4)22-2/h23-30,33-38,50-53,56-57,60-63,66-91,98-99,102-103H,21-22,31-32,39-49H2,1-20H3/t50?,51?,52-,53-,56-,57-,60-,61-,62-,63-,66+,67+,68-,69-,70-,71-,72-,73-,74-,75-,76-,77-,78-,79-,80+,81+,82-,83-,84+,85+,86-,87-,88-,89-,90+,91+,94+,95+,96+,97+/m0/s1. The third-order valence-electron chi connectivity index (χ3n) is 29.5. The zero-order valence-corrected chi connectivity index (χ0v) is 77.1. The third kappa shape index (κ3) is 20.5. The molecule has 4 bridgehead atoms. The maximum atomic E-state index is 14.6. The van der Waals surface area contributed by atoms with E-state index in [9.17, 15) is 30.0 Å². The summed E-state index contributed by atoms with van der Waals surface area (Å²) < 4.78 is 146. The van der Waals surface area contributed by atoms with Gasteiger partial charge in [-0.05, 0) is 126 Å². The number of carbonyl (C=O) groups is 2. The molecule has 0 amide bonds. The van der Waals surface area contributed by atoms with Gasteiger partial charge in [0.25, 0.3) is 0 Å². The van der Waals surface area contributed by atoms with Crippen LogP contribution in [0.2, 0.25) is 0 Å². The minimum Gasteiger partial charge on any atom is -0.462 e. The second-order valence-electron chi connectivity index (χ2n) is 38.3. The van der Waals surface area contributed by atoms with Gasteiger partial charge in [0.05, 0.1) is 98.7 Å². The predicted octanol–water partition coefficient (Wildman–Crippen LogP) is 11.8. The van der Waals surface area contributed by atoms with E-state index >= 15 is 0 Å². The molecule has 0 saturated carbocycles. The molecule has 700 valence electrons. The summed E-state index contributed by atoms with van der Waals surface area (Å²) in [6.07, 6.45) is 15.3. The highest BCUT2D eigenvalue weighted by atomic mass is 16.8. The summed E-state index contributed by atoms with van der Waals surface area (Å²) >= 11 is 0. The molecular weight excluding hydrogens is 1610 g/mol. The molecule has 14 aliphatic rings. The molecule has 8 saturated heterocycles. The van der Waals surface area contributed by atoms with Crippen molar-refractivity contribution in [3.05, 3.63) is 119 Å². The Bertz CT molecular complexity index is 3750. The molecule has 8 fully saturated rings. The van der Waals surface area contributed by atoms with E-state index in [1.54, 1.807) is 66.6 Å². The van der Waals surface area contributed by atoms with Crippen molar-refractivity contribution in [2.75, 3.05) is 48.4 Å². The van der Waals surface area contributed by atoms with Crippen LogP contribution in [0.5, 0.6) is 0 Å². The molecule has 0 aromatic heterocycles. The van der Waals surface area contributed by atoms with Gasteiger partial charge in [-0.25, -0.2) is 0 Å². The normalized spacial score (nSPS) is 46.8. The van der Waals surface area contributed by atoms with Crippen LogP contribution in [0.3, 0.4) is 0 Å². The first-order valence-electron chi connectivity index (χ1n) is 46.3. The first-order chi connectivity index (χ1) is 59.7. The zero-order chi connectivity index (χ0) is 89.5. The summed E-state index contributed by atoms with van der Waals surface area (Å²) in [4.78, 5) is 29.2. The van der Waals surface area contributed by atoms with Gasteiger partial charge in [0.1, 0.15) is 90.9 Å². The molecule has 2 unspecified atom stereocenters. The van der Waals surface area contributed by atoms with E-state index in [1.807, 2.05) is 78.0 Å². The van der Waals surface area contributed by atoms with Crippen molar-refractivity contribution in [3.63, 3.8) is 0 Å². The molecule has 125 heavy (non-hydrogen) atoms. The van der Waals surface area contributed by atoms with Crippen LogP contribution in [-0.2, 0) is 114 Å². The molecule has 12 heterocycles. The molecule has 4 N–H and O–H groups in total. The molecule has 2 aliphatic carbocycles. The van der Waals surface area contributed by atoms with E-state index in [2.05, 4.69) is 79.7 Å². The Morgan fingerprint density at radius 3 is 1.16 bits per heavy atom. The summed E-state index contributed by atoms with van der Waals surface area (Å²) in [6, 6.07) is 0. The van der Waals surface area contributed by atoms with Crippen LogP contribution < -0.4 is 0 Å². The number of rotatable bonds is 20. The fourth-order valence-electron chi connectivity index (χ4n) is 21.8. The quantitative estimate of drug-likeness (QED) is 0.0500. The number of aliphatic hydroxyl groups excluding tert-OH is 2. The summed E-state index contributed by atoms with van der Waals surface area (Å²) in [5.41, 5.74) is 0.00997. The predicted molar refractivity (Wildman–Crippen MR) is 457 cm³/mol. The second kappa shape index (κ2) is 40.8. The molecule has 2 spiro atoms. The van der Waals surface area contributed by atoms with E-state index in [-0.39, 0.29) is 80.6 Å². The molecule has 40 atom stereocenters. The lowest BCUT2D eigenvalue weighted by molar-refractivity contribution is -0.333. The highest BCUT2D eigenvalue weighted by Crippen LogP contribution is 2.51. The number of esters is 2. The van der Waals surface area contributed by atoms with Crippen LogP contribution in [0, 0.1) is 47.3 Å². The molecule has 28 heteroatoms. The van der Waals surface area contributed by atoms with Crippen LogP contribution in [-0.4, -0.2) is 275 Å². The zero-order valence-electron chi connectivity index (χ0n) is 77.1. The maximum absolute atomic E-state index is 14.6. The Kier molecular flexibility index (Phi) is 31.5. The van der Waals surface area contributed by atoms with Crippen LogP contribution in [0.1, 0.15) is 188 Å². The summed E-state index contributed by atoms with van der Waals surface area (Å²) in [5, 5.41) is 48.4. The molecule has 0 aromatic carbocycles. The van der Waals surface area contributed by atoms with E-state index in [0.29, 0.717) is 73.7 Å². The average Bonchev–Trinajstić information content (AvgIpc) is 1.61. The fraction of sp³-hybridized carbons (Fsp3) is 0.773. The molecule has 28 nitrogen and oxygen atoms in total. The first kappa shape index (κ1) is 96.4. The lowest BCUT2D eigenvalue weighted by atomic mass is 9.71. The smallest absolute Gasteiger partial charge is 0.316 e. The number of aliphatic hydroxyl groups is 4. The van der Waals surface area contributed by atoms with Gasteiger partial charge in [0.2, 0.25) is 0 Å². The van der Waals surface area contributed by atoms with Crippen molar-refractivity contribution >= 4 is 11.9 Å². The van der Waals surface area contributed by atoms with Crippen LogP contribution in [0.15, 0.2) is 119 Å². The van der Waals surface area contributed by atoms with E-state index in [0.717, 1.165) is 24.0 Å². The highest BCUT2D eigenvalue weighted by molar-refractivity contribution is 5.79. The Hall–Kier alpha value is -4.62. The number of ether oxygens (including phenoxy) is 22. The van der Waals surface area contributed by atoms with Crippen molar-refractivity contribution in [3.8, 4) is 0 Å². The number of methoxy groups -OCH3 is 4. The van der Waals surface area contributed by atoms with Crippen LogP contribution >= 0.6 is 0 Å². The Balaban J connectivity index is 0.589. The van der Waals surface area contributed by atoms with Crippen LogP contribution in [0.25, 0.3) is 0 Å². The van der Waals surface area contributed by atoms with Crippen molar-refractivity contribution < 1.29 is 134 Å². The molecule has 0 aromatic rings. The van der Waals surface area contributed by atoms with E-state index < -0.39 is 206 Å². The molecule has 0 radical (unpaired) electrons. The number of hydrogen-bond donors (Lipinski definition) is 4. The van der Waals surface area contributed by atoms with Gasteiger partial charge < -0.3 is 125 Å². The van der Waals surface area contributed by atoms with E-state index in [4.69, 9.17) is 104 Å². The van der Waals surface area contributed by atoms with Gasteiger partial charge in [-0.3, -0.25) is 9.59 Å². The van der Waals surface area contributed by atoms with E-state index in [1.165, 1.54) is 0 Å². The largest absolute Gasteiger partial charge is 0.462 e. The summed E-state index contributed by atoms with van der Waals surface area (Å²) in [7, 11) is 6.60. The molecule has 14 rings (SSSR count). The van der Waals surface area contributed by atoms with Gasteiger partial charge in [-0.15, -0.1) is 0 Å². The van der Waals surface area contributed by atoms with Gasteiger partial charge >= 0.3 is 11.9 Å². The van der Waals surface area contributed by atoms with Crippen molar-refractivity contribution in [1.82, 2.24) is 0 Å². The Morgan fingerprint density at radius 2 is 0.800 bits per heavy atom. The van der Waals surface area contributed by atoms with Gasteiger partial charge in [0, 0.05) is 103 Å². The van der Waals surface area contributed by atoms with Crippen molar-refractivity contribution in [2.45, 2.75) is 382 Å². The first-order valence-corrected chi connectivity index (χ1v) is 46.3. The van der Waals surface area contributed by atoms with Crippen molar-refractivity contribution in [1.29, 1.82) is 0 Å². The lowest BCUT2D eigenvalue weighted by Crippen LogP contribution is -2.58. The number of hydrogen-bond acceptors (Lipinski definition) is 28. The second-order valence-corrected chi connectivity index (χ2v) is 38.3. The van der Waals surface area contributed by atoms with Gasteiger partial charge in [0.15, 0.2) is 36.7 Å². The van der Waals surface area contributed by atoms with Crippen molar-refractivity contribution in [2.24, 2.45) is 47.3 Å². The lowest BCUT2D eigenvalue weighted by Gasteiger charge is -2.48. The molecular formula is C97H144O28. The van der Waals surface area contributed by atoms with Gasteiger partial charge in [-0.1, -0.05) is 141 Å². The summed E-state index contributed by atoms with van der Waals surface area (Å²) in [5.74, 6) is -5.64. The molecule has 12 aliphatic heterocycles. The fourth-order valence-corrected chi connectivity index (χ4v) is 21.8. The number of carbonyl (C=O) groups excluding carboxylic acids is 2. The number of allylic oxidation sites excluding steroid dienone is 4. The minimum atomic E-state index is -1.89.